The fourth-order valence-electron chi connectivity index (χ4n) is 3.04. The van der Waals surface area contributed by atoms with E-state index in [1.807, 2.05) is 0 Å². The van der Waals surface area contributed by atoms with E-state index < -0.39 is 0 Å². The van der Waals surface area contributed by atoms with Crippen LogP contribution >= 0.6 is 0 Å². The van der Waals surface area contributed by atoms with E-state index in [9.17, 15) is 0 Å². The third kappa shape index (κ3) is 3.19. The van der Waals surface area contributed by atoms with Crippen molar-refractivity contribution in [2.24, 2.45) is 5.73 Å². The highest BCUT2D eigenvalue weighted by Crippen LogP contribution is 2.21. The molecule has 0 amide bonds. The van der Waals surface area contributed by atoms with E-state index in [0.717, 1.165) is 12.5 Å². The van der Waals surface area contributed by atoms with Crippen molar-refractivity contribution in [2.45, 2.75) is 51.1 Å². The first-order chi connectivity index (χ1) is 7.79. The number of nitrogens with two attached hydrogens (primary N) is 1. The van der Waals surface area contributed by atoms with Crippen LogP contribution in [-0.2, 0) is 0 Å². The molecule has 2 saturated heterocycles. The summed E-state index contributed by atoms with van der Waals surface area (Å²) in [7, 11) is 0. The third-order valence-corrected chi connectivity index (χ3v) is 4.23. The van der Waals surface area contributed by atoms with Gasteiger partial charge >= 0.3 is 0 Å². The maximum absolute atomic E-state index is 6.00. The smallest absolute Gasteiger partial charge is 0.0223 e. The van der Waals surface area contributed by atoms with Gasteiger partial charge in [-0.1, -0.05) is 6.92 Å². The zero-order valence-electron chi connectivity index (χ0n) is 10.7. The summed E-state index contributed by atoms with van der Waals surface area (Å²) in [5.41, 5.74) is 6.00. The van der Waals surface area contributed by atoms with Crippen LogP contribution in [0.2, 0.25) is 0 Å². The Morgan fingerprint density at radius 2 is 2.06 bits per heavy atom. The standard InChI is InChI=1S/C13H27N3/c1-2-12(14)6-10-15-7-4-9-16-8-3-5-13(16)11-15/h12-13H,2-11,14H2,1H3. The molecule has 2 aliphatic rings. The van der Waals surface area contributed by atoms with Gasteiger partial charge in [-0.15, -0.1) is 0 Å². The van der Waals surface area contributed by atoms with Crippen molar-refractivity contribution >= 4 is 0 Å². The molecule has 2 heterocycles. The second-order valence-corrected chi connectivity index (χ2v) is 5.44. The van der Waals surface area contributed by atoms with Crippen molar-refractivity contribution in [3.05, 3.63) is 0 Å². The third-order valence-electron chi connectivity index (χ3n) is 4.23. The lowest BCUT2D eigenvalue weighted by Gasteiger charge is -2.26. The number of hydrogen-bond donors (Lipinski definition) is 1. The SMILES string of the molecule is CCC(N)CCN1CCCN2CCCC2C1. The molecule has 2 unspecified atom stereocenters. The quantitative estimate of drug-likeness (QED) is 0.782. The van der Waals surface area contributed by atoms with Crippen LogP contribution in [0.15, 0.2) is 0 Å². The minimum Gasteiger partial charge on any atom is -0.328 e. The summed E-state index contributed by atoms with van der Waals surface area (Å²) in [6.07, 6.45) is 6.45. The lowest BCUT2D eigenvalue weighted by Crippen LogP contribution is -2.38. The van der Waals surface area contributed by atoms with Gasteiger partial charge in [-0.3, -0.25) is 4.90 Å². The van der Waals surface area contributed by atoms with E-state index in [-0.39, 0.29) is 0 Å². The molecule has 3 nitrogen and oxygen atoms in total. The predicted molar refractivity (Wildman–Crippen MR) is 68.5 cm³/mol. The van der Waals surface area contributed by atoms with E-state index in [4.69, 9.17) is 5.73 Å². The van der Waals surface area contributed by atoms with Crippen LogP contribution in [-0.4, -0.2) is 54.6 Å². The fourth-order valence-corrected chi connectivity index (χ4v) is 3.04. The fraction of sp³-hybridized carbons (Fsp3) is 1.00. The highest BCUT2D eigenvalue weighted by atomic mass is 15.3. The topological polar surface area (TPSA) is 32.5 Å². The Bertz CT molecular complexity index is 207. The minimum atomic E-state index is 0.405. The van der Waals surface area contributed by atoms with Gasteiger partial charge in [0.2, 0.25) is 0 Å². The molecule has 0 spiro atoms. The zero-order valence-corrected chi connectivity index (χ0v) is 10.7. The van der Waals surface area contributed by atoms with E-state index >= 15 is 0 Å². The lowest BCUT2D eigenvalue weighted by molar-refractivity contribution is 0.215. The summed E-state index contributed by atoms with van der Waals surface area (Å²) in [6.45, 7) is 8.62. The minimum absolute atomic E-state index is 0.405. The molecule has 0 aromatic heterocycles. The van der Waals surface area contributed by atoms with E-state index in [1.165, 1.54) is 58.4 Å². The predicted octanol–water partition coefficient (Wildman–Crippen LogP) is 1.28. The Balaban J connectivity index is 1.77. The van der Waals surface area contributed by atoms with Crippen molar-refractivity contribution in [3.63, 3.8) is 0 Å². The highest BCUT2D eigenvalue weighted by molar-refractivity contribution is 4.85. The second-order valence-electron chi connectivity index (χ2n) is 5.44. The van der Waals surface area contributed by atoms with Gasteiger partial charge in [0.15, 0.2) is 0 Å². The van der Waals surface area contributed by atoms with Gasteiger partial charge in [0, 0.05) is 18.6 Å². The average Bonchev–Trinajstić information content (AvgIpc) is 2.64. The lowest BCUT2D eigenvalue weighted by atomic mass is 10.1. The molecule has 3 heteroatoms. The monoisotopic (exact) mass is 225 g/mol. The van der Waals surface area contributed by atoms with Crippen molar-refractivity contribution < 1.29 is 0 Å². The van der Waals surface area contributed by atoms with Crippen LogP contribution in [0.5, 0.6) is 0 Å². The molecule has 94 valence electrons. The van der Waals surface area contributed by atoms with Gasteiger partial charge in [-0.05, 0) is 58.3 Å². The summed E-state index contributed by atoms with van der Waals surface area (Å²) in [5, 5.41) is 0. The van der Waals surface area contributed by atoms with Crippen molar-refractivity contribution in [1.82, 2.24) is 9.80 Å². The molecule has 0 aromatic carbocycles. The molecule has 2 N–H and O–H groups in total. The van der Waals surface area contributed by atoms with Gasteiger partial charge in [0.25, 0.3) is 0 Å². The van der Waals surface area contributed by atoms with Gasteiger partial charge in [0.1, 0.15) is 0 Å². The van der Waals surface area contributed by atoms with Crippen LogP contribution < -0.4 is 5.73 Å². The van der Waals surface area contributed by atoms with Gasteiger partial charge in [0.05, 0.1) is 0 Å². The molecule has 0 saturated carbocycles. The maximum Gasteiger partial charge on any atom is 0.0223 e. The van der Waals surface area contributed by atoms with E-state index in [1.54, 1.807) is 0 Å². The Labute approximate surface area is 100.0 Å². The molecule has 2 rings (SSSR count). The normalized spacial score (nSPS) is 30.0. The number of rotatable bonds is 4. The molecular formula is C13H27N3. The zero-order chi connectivity index (χ0) is 11.4. The molecule has 2 atom stereocenters. The first kappa shape index (κ1) is 12.3. The van der Waals surface area contributed by atoms with Crippen LogP contribution in [0, 0.1) is 0 Å². The maximum atomic E-state index is 6.00. The van der Waals surface area contributed by atoms with Crippen molar-refractivity contribution in [3.8, 4) is 0 Å². The molecule has 2 fully saturated rings. The summed E-state index contributed by atoms with van der Waals surface area (Å²) in [6, 6.07) is 1.25. The van der Waals surface area contributed by atoms with Crippen LogP contribution in [0.4, 0.5) is 0 Å². The molecular weight excluding hydrogens is 198 g/mol. The van der Waals surface area contributed by atoms with Gasteiger partial charge < -0.3 is 10.6 Å². The number of hydrogen-bond acceptors (Lipinski definition) is 3. The molecule has 0 aliphatic carbocycles. The van der Waals surface area contributed by atoms with Crippen molar-refractivity contribution in [1.29, 1.82) is 0 Å². The van der Waals surface area contributed by atoms with Crippen molar-refractivity contribution in [2.75, 3.05) is 32.7 Å². The molecule has 16 heavy (non-hydrogen) atoms. The highest BCUT2D eigenvalue weighted by Gasteiger charge is 2.28. The average molecular weight is 225 g/mol. The second kappa shape index (κ2) is 5.99. The van der Waals surface area contributed by atoms with Crippen LogP contribution in [0.1, 0.15) is 39.0 Å². The Hall–Kier alpha value is -0.120. The first-order valence-electron chi connectivity index (χ1n) is 7.01. The Morgan fingerprint density at radius 1 is 1.25 bits per heavy atom. The van der Waals surface area contributed by atoms with Gasteiger partial charge in [-0.2, -0.15) is 0 Å². The number of fused-ring (bicyclic) bond motifs is 1. The summed E-state index contributed by atoms with van der Waals surface area (Å²) >= 11 is 0. The Morgan fingerprint density at radius 3 is 2.88 bits per heavy atom. The van der Waals surface area contributed by atoms with Crippen LogP contribution in [0.3, 0.4) is 0 Å². The summed E-state index contributed by atoms with van der Waals surface area (Å²) in [4.78, 5) is 5.34. The molecule has 2 aliphatic heterocycles. The van der Waals surface area contributed by atoms with E-state index in [0.29, 0.717) is 6.04 Å². The van der Waals surface area contributed by atoms with Crippen LogP contribution in [0.25, 0.3) is 0 Å². The molecule has 0 radical (unpaired) electrons. The largest absolute Gasteiger partial charge is 0.328 e. The first-order valence-corrected chi connectivity index (χ1v) is 7.01. The summed E-state index contributed by atoms with van der Waals surface area (Å²) in [5.74, 6) is 0. The van der Waals surface area contributed by atoms with Gasteiger partial charge in [-0.25, -0.2) is 0 Å². The Kier molecular flexibility index (Phi) is 4.62. The van der Waals surface area contributed by atoms with E-state index in [2.05, 4.69) is 16.7 Å². The summed E-state index contributed by atoms with van der Waals surface area (Å²) < 4.78 is 0. The molecule has 0 aromatic rings. The number of nitrogens with zero attached hydrogens (tertiary/aromatic N) is 2. The molecule has 0 bridgehead atoms.